The molecule has 1 N–H and O–H groups in total. The van der Waals surface area contributed by atoms with E-state index in [1.54, 1.807) is 18.2 Å². The summed E-state index contributed by atoms with van der Waals surface area (Å²) in [7, 11) is 0. The fraction of sp³-hybridized carbons (Fsp3) is 0.235. The number of hydrogen-bond donors (Lipinski definition) is 1. The van der Waals surface area contributed by atoms with E-state index in [0.717, 1.165) is 11.4 Å². The van der Waals surface area contributed by atoms with Crippen LogP contribution in [0.3, 0.4) is 0 Å². The van der Waals surface area contributed by atoms with Gasteiger partial charge in [0.15, 0.2) is 5.78 Å². The van der Waals surface area contributed by atoms with Crippen LogP contribution in [0.5, 0.6) is 5.75 Å². The summed E-state index contributed by atoms with van der Waals surface area (Å²) in [5, 5.41) is 3.78. The molecular weight excluding hydrogens is 286 g/mol. The average Bonchev–Trinajstić information content (AvgIpc) is 2.42. The minimum atomic E-state index is 0.00963. The van der Waals surface area contributed by atoms with Gasteiger partial charge in [-0.1, -0.05) is 11.6 Å². The Morgan fingerprint density at radius 2 is 1.81 bits per heavy atom. The van der Waals surface area contributed by atoms with Crippen LogP contribution in [0.15, 0.2) is 42.5 Å². The zero-order valence-corrected chi connectivity index (χ0v) is 13.1. The Hall–Kier alpha value is -2.00. The van der Waals surface area contributed by atoms with Crippen molar-refractivity contribution in [3.63, 3.8) is 0 Å². The van der Waals surface area contributed by atoms with Crippen molar-refractivity contribution in [2.75, 3.05) is 5.32 Å². The first-order chi connectivity index (χ1) is 9.95. The molecule has 2 aromatic rings. The minimum absolute atomic E-state index is 0.00963. The Bertz CT molecular complexity index is 636. The first-order valence-corrected chi connectivity index (χ1v) is 7.17. The van der Waals surface area contributed by atoms with Gasteiger partial charge in [-0.3, -0.25) is 4.79 Å². The third kappa shape index (κ3) is 4.23. The van der Waals surface area contributed by atoms with Gasteiger partial charge in [-0.2, -0.15) is 0 Å². The maximum Gasteiger partial charge on any atom is 0.159 e. The van der Waals surface area contributed by atoms with Crippen molar-refractivity contribution in [3.05, 3.63) is 53.1 Å². The highest BCUT2D eigenvalue weighted by Gasteiger charge is 2.06. The van der Waals surface area contributed by atoms with Crippen LogP contribution >= 0.6 is 11.6 Å². The molecule has 0 heterocycles. The van der Waals surface area contributed by atoms with Gasteiger partial charge in [0.25, 0.3) is 0 Å². The number of anilines is 2. The highest BCUT2D eigenvalue weighted by molar-refractivity contribution is 6.33. The summed E-state index contributed by atoms with van der Waals surface area (Å²) in [6.07, 6.45) is 0.144. The molecule has 0 amide bonds. The fourth-order valence-corrected chi connectivity index (χ4v) is 2.05. The fourth-order valence-electron chi connectivity index (χ4n) is 1.88. The molecule has 2 rings (SSSR count). The molecule has 0 aliphatic rings. The standard InChI is InChI=1S/C17H18ClNO2/c1-11(2)21-15-7-5-14(6-8-15)19-17-10-13(12(3)20)4-9-16(17)18/h4-11,19H,1-3H3. The van der Waals surface area contributed by atoms with Gasteiger partial charge < -0.3 is 10.1 Å². The number of hydrogen-bond acceptors (Lipinski definition) is 3. The smallest absolute Gasteiger partial charge is 0.159 e. The Morgan fingerprint density at radius 1 is 1.14 bits per heavy atom. The number of benzene rings is 2. The molecule has 0 spiro atoms. The summed E-state index contributed by atoms with van der Waals surface area (Å²) in [5.41, 5.74) is 2.22. The quantitative estimate of drug-likeness (QED) is 0.783. The molecule has 0 aromatic heterocycles. The van der Waals surface area contributed by atoms with E-state index in [1.165, 1.54) is 6.92 Å². The Balaban J connectivity index is 2.18. The third-order valence-electron chi connectivity index (χ3n) is 2.88. The van der Waals surface area contributed by atoms with Gasteiger partial charge in [0.05, 0.1) is 16.8 Å². The molecular formula is C17H18ClNO2. The lowest BCUT2D eigenvalue weighted by atomic mass is 10.1. The minimum Gasteiger partial charge on any atom is -0.491 e. The second-order valence-electron chi connectivity index (χ2n) is 5.07. The summed E-state index contributed by atoms with van der Waals surface area (Å²) in [4.78, 5) is 11.4. The molecule has 21 heavy (non-hydrogen) atoms. The van der Waals surface area contributed by atoms with Crippen molar-refractivity contribution < 1.29 is 9.53 Å². The molecule has 0 radical (unpaired) electrons. The topological polar surface area (TPSA) is 38.3 Å². The summed E-state index contributed by atoms with van der Waals surface area (Å²) in [6, 6.07) is 12.8. The highest BCUT2D eigenvalue weighted by Crippen LogP contribution is 2.27. The summed E-state index contributed by atoms with van der Waals surface area (Å²) < 4.78 is 5.60. The van der Waals surface area contributed by atoms with Crippen molar-refractivity contribution in [3.8, 4) is 5.75 Å². The first kappa shape index (κ1) is 15.4. The van der Waals surface area contributed by atoms with Crippen LogP contribution in [0.4, 0.5) is 11.4 Å². The van der Waals surface area contributed by atoms with Gasteiger partial charge in [-0.25, -0.2) is 0 Å². The van der Waals surface area contributed by atoms with Gasteiger partial charge >= 0.3 is 0 Å². The molecule has 0 aliphatic heterocycles. The average molecular weight is 304 g/mol. The van der Waals surface area contributed by atoms with Crippen LogP contribution < -0.4 is 10.1 Å². The van der Waals surface area contributed by atoms with Crippen LogP contribution in [-0.4, -0.2) is 11.9 Å². The molecule has 4 heteroatoms. The number of carbonyl (C=O) groups is 1. The number of halogens is 1. The Morgan fingerprint density at radius 3 is 2.38 bits per heavy atom. The van der Waals surface area contributed by atoms with Crippen LogP contribution in [0.25, 0.3) is 0 Å². The number of nitrogens with one attached hydrogen (secondary N) is 1. The van der Waals surface area contributed by atoms with Crippen molar-refractivity contribution in [2.45, 2.75) is 26.9 Å². The zero-order valence-electron chi connectivity index (χ0n) is 12.3. The second-order valence-corrected chi connectivity index (χ2v) is 5.47. The molecule has 2 aromatic carbocycles. The maximum absolute atomic E-state index is 11.4. The SMILES string of the molecule is CC(=O)c1ccc(Cl)c(Nc2ccc(OC(C)C)cc2)c1. The Labute approximate surface area is 129 Å². The van der Waals surface area contributed by atoms with Crippen molar-refractivity contribution in [1.82, 2.24) is 0 Å². The van der Waals surface area contributed by atoms with E-state index in [-0.39, 0.29) is 11.9 Å². The zero-order chi connectivity index (χ0) is 15.4. The lowest BCUT2D eigenvalue weighted by Crippen LogP contribution is -2.05. The summed E-state index contributed by atoms with van der Waals surface area (Å²) in [6.45, 7) is 5.50. The summed E-state index contributed by atoms with van der Waals surface area (Å²) in [5.74, 6) is 0.828. The lowest BCUT2D eigenvalue weighted by Gasteiger charge is -2.12. The normalized spacial score (nSPS) is 10.5. The molecule has 0 atom stereocenters. The van der Waals surface area contributed by atoms with Gasteiger partial charge in [-0.15, -0.1) is 0 Å². The molecule has 0 unspecified atom stereocenters. The summed E-state index contributed by atoms with van der Waals surface area (Å²) >= 11 is 6.15. The molecule has 0 fully saturated rings. The number of rotatable bonds is 5. The van der Waals surface area contributed by atoms with Crippen LogP contribution in [-0.2, 0) is 0 Å². The molecule has 110 valence electrons. The van der Waals surface area contributed by atoms with E-state index in [9.17, 15) is 4.79 Å². The number of ketones is 1. The van der Waals surface area contributed by atoms with E-state index in [1.807, 2.05) is 38.1 Å². The van der Waals surface area contributed by atoms with Gasteiger partial charge in [0.1, 0.15) is 5.75 Å². The predicted molar refractivity (Wildman–Crippen MR) is 86.9 cm³/mol. The predicted octanol–water partition coefficient (Wildman–Crippen LogP) is 5.07. The van der Waals surface area contributed by atoms with Crippen molar-refractivity contribution in [2.24, 2.45) is 0 Å². The van der Waals surface area contributed by atoms with Crippen LogP contribution in [0.1, 0.15) is 31.1 Å². The van der Waals surface area contributed by atoms with E-state index < -0.39 is 0 Å². The van der Waals surface area contributed by atoms with Gasteiger partial charge in [0, 0.05) is 11.3 Å². The maximum atomic E-state index is 11.4. The third-order valence-corrected chi connectivity index (χ3v) is 3.21. The molecule has 0 aliphatic carbocycles. The molecule has 3 nitrogen and oxygen atoms in total. The van der Waals surface area contributed by atoms with Gasteiger partial charge in [-0.05, 0) is 63.2 Å². The van der Waals surface area contributed by atoms with E-state index in [0.29, 0.717) is 16.3 Å². The van der Waals surface area contributed by atoms with E-state index in [4.69, 9.17) is 16.3 Å². The largest absolute Gasteiger partial charge is 0.491 e. The van der Waals surface area contributed by atoms with Gasteiger partial charge in [0.2, 0.25) is 0 Å². The molecule has 0 saturated carbocycles. The second kappa shape index (κ2) is 6.64. The number of ether oxygens (including phenoxy) is 1. The van der Waals surface area contributed by atoms with Crippen LogP contribution in [0, 0.1) is 0 Å². The highest BCUT2D eigenvalue weighted by atomic mass is 35.5. The molecule has 0 bridgehead atoms. The molecule has 0 saturated heterocycles. The Kier molecular flexibility index (Phi) is 4.86. The van der Waals surface area contributed by atoms with Crippen molar-refractivity contribution in [1.29, 1.82) is 0 Å². The van der Waals surface area contributed by atoms with Crippen LogP contribution in [0.2, 0.25) is 5.02 Å². The van der Waals surface area contributed by atoms with E-state index >= 15 is 0 Å². The lowest BCUT2D eigenvalue weighted by molar-refractivity contribution is 0.101. The number of Topliss-reactive ketones (excluding diaryl/α,β-unsaturated/α-hetero) is 1. The monoisotopic (exact) mass is 303 g/mol. The first-order valence-electron chi connectivity index (χ1n) is 6.80. The van der Waals surface area contributed by atoms with Crippen molar-refractivity contribution >= 4 is 28.8 Å². The van der Waals surface area contributed by atoms with E-state index in [2.05, 4.69) is 5.32 Å². The number of carbonyl (C=O) groups excluding carboxylic acids is 1.